The summed E-state index contributed by atoms with van der Waals surface area (Å²) in [7, 11) is 0. The molecule has 0 fully saturated rings. The molecule has 70 valence electrons. The highest BCUT2D eigenvalue weighted by Crippen LogP contribution is 2.28. The highest BCUT2D eigenvalue weighted by Gasteiger charge is 2.15. The number of nitrogens with zero attached hydrogens (tertiary/aromatic N) is 1. The first-order chi connectivity index (χ1) is 6.33. The summed E-state index contributed by atoms with van der Waals surface area (Å²) in [5, 5.41) is 9.60. The van der Waals surface area contributed by atoms with E-state index in [0.717, 1.165) is 24.8 Å². The lowest BCUT2D eigenvalue weighted by Crippen LogP contribution is -2.08. The van der Waals surface area contributed by atoms with Gasteiger partial charge in [0.15, 0.2) is 0 Å². The predicted octanol–water partition coefficient (Wildman–Crippen LogP) is 2.23. The zero-order valence-corrected chi connectivity index (χ0v) is 8.01. The fourth-order valence-electron chi connectivity index (χ4n) is 2.12. The minimum atomic E-state index is 0.378. The molecule has 1 aliphatic rings. The molecule has 0 atom stereocenters. The van der Waals surface area contributed by atoms with Crippen LogP contribution < -0.4 is 0 Å². The average Bonchev–Trinajstić information content (AvgIpc) is 2.18. The standard InChI is InChI=1S/C11H15NO/c1-2-8-9-5-3-4-6-10(9)12-7-11(8)13/h7,13H,2-6H2,1H3. The Labute approximate surface area is 78.6 Å². The van der Waals surface area contributed by atoms with Gasteiger partial charge in [-0.2, -0.15) is 0 Å². The summed E-state index contributed by atoms with van der Waals surface area (Å²) in [6.07, 6.45) is 7.18. The second-order valence-corrected chi connectivity index (χ2v) is 3.61. The van der Waals surface area contributed by atoms with Crippen molar-refractivity contribution < 1.29 is 5.11 Å². The van der Waals surface area contributed by atoms with Gasteiger partial charge in [-0.05, 0) is 37.7 Å². The normalized spacial score (nSPS) is 15.5. The van der Waals surface area contributed by atoms with Crippen molar-refractivity contribution in [3.8, 4) is 5.75 Å². The summed E-state index contributed by atoms with van der Waals surface area (Å²) < 4.78 is 0. The van der Waals surface area contributed by atoms with Crippen LogP contribution in [0.4, 0.5) is 0 Å². The van der Waals surface area contributed by atoms with E-state index < -0.39 is 0 Å². The van der Waals surface area contributed by atoms with Crippen LogP contribution >= 0.6 is 0 Å². The van der Waals surface area contributed by atoms with Gasteiger partial charge in [0.1, 0.15) is 5.75 Å². The van der Waals surface area contributed by atoms with E-state index in [0.29, 0.717) is 5.75 Å². The van der Waals surface area contributed by atoms with Gasteiger partial charge in [-0.25, -0.2) is 0 Å². The van der Waals surface area contributed by atoms with Crippen LogP contribution in [-0.4, -0.2) is 10.1 Å². The van der Waals surface area contributed by atoms with E-state index in [1.807, 2.05) is 0 Å². The van der Waals surface area contributed by atoms with Gasteiger partial charge < -0.3 is 5.11 Å². The van der Waals surface area contributed by atoms with Crippen LogP contribution in [0.3, 0.4) is 0 Å². The van der Waals surface area contributed by atoms with Crippen molar-refractivity contribution in [2.45, 2.75) is 39.0 Å². The quantitative estimate of drug-likeness (QED) is 0.713. The maximum atomic E-state index is 9.60. The van der Waals surface area contributed by atoms with E-state index in [1.54, 1.807) is 6.20 Å². The molecule has 13 heavy (non-hydrogen) atoms. The first-order valence-corrected chi connectivity index (χ1v) is 5.01. The summed E-state index contributed by atoms with van der Waals surface area (Å²) in [4.78, 5) is 4.28. The van der Waals surface area contributed by atoms with Gasteiger partial charge in [0, 0.05) is 11.3 Å². The SMILES string of the molecule is CCc1c(O)cnc2c1CCCC2. The van der Waals surface area contributed by atoms with E-state index >= 15 is 0 Å². The van der Waals surface area contributed by atoms with Gasteiger partial charge in [-0.15, -0.1) is 0 Å². The van der Waals surface area contributed by atoms with Gasteiger partial charge in [-0.1, -0.05) is 6.92 Å². The Bertz CT molecular complexity index is 320. The molecule has 0 unspecified atom stereocenters. The lowest BCUT2D eigenvalue weighted by Gasteiger charge is -2.18. The van der Waals surface area contributed by atoms with E-state index in [4.69, 9.17) is 0 Å². The van der Waals surface area contributed by atoms with Crippen LogP contribution in [0.25, 0.3) is 0 Å². The van der Waals surface area contributed by atoms with E-state index in [2.05, 4.69) is 11.9 Å². The second kappa shape index (κ2) is 3.36. The molecule has 0 aromatic carbocycles. The summed E-state index contributed by atoms with van der Waals surface area (Å²) in [5.74, 6) is 0.378. The molecule has 2 nitrogen and oxygen atoms in total. The van der Waals surface area contributed by atoms with Crippen molar-refractivity contribution in [3.05, 3.63) is 23.0 Å². The Balaban J connectivity index is 2.52. The fourth-order valence-corrected chi connectivity index (χ4v) is 2.12. The number of aromatic nitrogens is 1. The Morgan fingerprint density at radius 1 is 1.38 bits per heavy atom. The van der Waals surface area contributed by atoms with E-state index in [9.17, 15) is 5.11 Å². The molecule has 1 N–H and O–H groups in total. The van der Waals surface area contributed by atoms with Crippen molar-refractivity contribution in [2.24, 2.45) is 0 Å². The highest BCUT2D eigenvalue weighted by molar-refractivity contribution is 5.41. The van der Waals surface area contributed by atoms with Gasteiger partial charge in [0.2, 0.25) is 0 Å². The number of fused-ring (bicyclic) bond motifs is 1. The maximum Gasteiger partial charge on any atom is 0.137 e. The average molecular weight is 177 g/mol. The first-order valence-electron chi connectivity index (χ1n) is 5.01. The van der Waals surface area contributed by atoms with Crippen molar-refractivity contribution >= 4 is 0 Å². The fraction of sp³-hybridized carbons (Fsp3) is 0.545. The molecular weight excluding hydrogens is 162 g/mol. The highest BCUT2D eigenvalue weighted by atomic mass is 16.3. The number of pyridine rings is 1. The molecule has 0 spiro atoms. The Hall–Kier alpha value is -1.05. The molecule has 1 aliphatic carbocycles. The number of rotatable bonds is 1. The van der Waals surface area contributed by atoms with Gasteiger partial charge in [0.05, 0.1) is 6.20 Å². The Kier molecular flexibility index (Phi) is 2.21. The number of aryl methyl sites for hydroxylation is 1. The van der Waals surface area contributed by atoms with Crippen LogP contribution in [0.2, 0.25) is 0 Å². The number of aromatic hydroxyl groups is 1. The van der Waals surface area contributed by atoms with Crippen LogP contribution in [0.1, 0.15) is 36.6 Å². The van der Waals surface area contributed by atoms with Crippen LogP contribution in [0, 0.1) is 0 Å². The van der Waals surface area contributed by atoms with Crippen LogP contribution in [0.5, 0.6) is 5.75 Å². The number of hydrogen-bond donors (Lipinski definition) is 1. The third-order valence-electron chi connectivity index (χ3n) is 2.81. The van der Waals surface area contributed by atoms with E-state index in [-0.39, 0.29) is 0 Å². The molecule has 0 aliphatic heterocycles. The predicted molar refractivity (Wildman–Crippen MR) is 51.9 cm³/mol. The smallest absolute Gasteiger partial charge is 0.137 e. The summed E-state index contributed by atoms with van der Waals surface area (Å²) in [6, 6.07) is 0. The molecule has 1 aromatic heterocycles. The second-order valence-electron chi connectivity index (χ2n) is 3.61. The topological polar surface area (TPSA) is 33.1 Å². The minimum absolute atomic E-state index is 0.378. The Morgan fingerprint density at radius 2 is 2.15 bits per heavy atom. The van der Waals surface area contributed by atoms with Crippen LogP contribution in [0.15, 0.2) is 6.20 Å². The third kappa shape index (κ3) is 1.41. The largest absolute Gasteiger partial charge is 0.506 e. The van der Waals surface area contributed by atoms with Crippen LogP contribution in [-0.2, 0) is 19.3 Å². The van der Waals surface area contributed by atoms with E-state index in [1.165, 1.54) is 24.1 Å². The molecule has 0 radical (unpaired) electrons. The molecule has 0 saturated heterocycles. The summed E-state index contributed by atoms with van der Waals surface area (Å²) in [6.45, 7) is 2.09. The van der Waals surface area contributed by atoms with Crippen molar-refractivity contribution in [2.75, 3.05) is 0 Å². The molecular formula is C11H15NO. The zero-order valence-electron chi connectivity index (χ0n) is 8.01. The molecule has 0 bridgehead atoms. The molecule has 0 amide bonds. The molecule has 2 rings (SSSR count). The van der Waals surface area contributed by atoms with Crippen molar-refractivity contribution in [3.63, 3.8) is 0 Å². The van der Waals surface area contributed by atoms with Crippen molar-refractivity contribution in [1.82, 2.24) is 4.98 Å². The lowest BCUT2D eigenvalue weighted by atomic mass is 9.91. The molecule has 1 aromatic rings. The zero-order chi connectivity index (χ0) is 9.26. The summed E-state index contributed by atoms with van der Waals surface area (Å²) >= 11 is 0. The molecule has 0 saturated carbocycles. The third-order valence-corrected chi connectivity index (χ3v) is 2.81. The number of hydrogen-bond acceptors (Lipinski definition) is 2. The summed E-state index contributed by atoms with van der Waals surface area (Å²) in [5.41, 5.74) is 3.64. The van der Waals surface area contributed by atoms with Gasteiger partial charge >= 0.3 is 0 Å². The monoisotopic (exact) mass is 177 g/mol. The van der Waals surface area contributed by atoms with Crippen molar-refractivity contribution in [1.29, 1.82) is 0 Å². The first kappa shape index (κ1) is 8.54. The van der Waals surface area contributed by atoms with Gasteiger partial charge in [0.25, 0.3) is 0 Å². The Morgan fingerprint density at radius 3 is 2.92 bits per heavy atom. The maximum absolute atomic E-state index is 9.60. The molecule has 1 heterocycles. The van der Waals surface area contributed by atoms with Gasteiger partial charge in [-0.3, -0.25) is 4.98 Å². The lowest BCUT2D eigenvalue weighted by molar-refractivity contribution is 0.462. The molecule has 2 heteroatoms. The minimum Gasteiger partial charge on any atom is -0.506 e.